The van der Waals surface area contributed by atoms with Crippen molar-refractivity contribution < 1.29 is 9.18 Å². The van der Waals surface area contributed by atoms with Crippen LogP contribution in [0.1, 0.15) is 16.9 Å². The highest BCUT2D eigenvalue weighted by Crippen LogP contribution is 2.08. The minimum Gasteiger partial charge on any atom is -0.351 e. The number of carbonyl (C=O) groups is 1. The van der Waals surface area contributed by atoms with Gasteiger partial charge in [-0.2, -0.15) is 5.10 Å². The third kappa shape index (κ3) is 4.84. The summed E-state index contributed by atoms with van der Waals surface area (Å²) >= 11 is 0. The molecule has 0 radical (unpaired) electrons. The minimum atomic E-state index is -0.302. The van der Waals surface area contributed by atoms with E-state index in [9.17, 15) is 9.18 Å². The molecule has 21 heavy (non-hydrogen) atoms. The van der Waals surface area contributed by atoms with Crippen molar-refractivity contribution in [2.75, 3.05) is 20.1 Å². The molecule has 0 bridgehead atoms. The molecule has 0 saturated carbocycles. The summed E-state index contributed by atoms with van der Waals surface area (Å²) in [6.45, 7) is 1.45. The lowest BCUT2D eigenvalue weighted by Gasteiger charge is -2.03. The third-order valence-corrected chi connectivity index (χ3v) is 2.80. The minimum absolute atomic E-state index is 0. The summed E-state index contributed by atoms with van der Waals surface area (Å²) in [7, 11) is 1.87. The van der Waals surface area contributed by atoms with Crippen molar-refractivity contribution in [3.05, 3.63) is 48.0 Å². The number of halogens is 2. The summed E-state index contributed by atoms with van der Waals surface area (Å²) in [5, 5.41) is 9.98. The number of nitrogens with zero attached hydrogens (tertiary/aromatic N) is 2. The Balaban J connectivity index is 0.00000220. The van der Waals surface area contributed by atoms with Gasteiger partial charge in [-0.25, -0.2) is 9.07 Å². The Morgan fingerprint density at radius 3 is 2.62 bits per heavy atom. The first kappa shape index (κ1) is 17.1. The molecule has 0 saturated heterocycles. The van der Waals surface area contributed by atoms with Crippen LogP contribution in [0.2, 0.25) is 0 Å². The maximum Gasteiger partial charge on any atom is 0.271 e. The molecule has 0 fully saturated rings. The Bertz CT molecular complexity index is 571. The lowest BCUT2D eigenvalue weighted by molar-refractivity contribution is 0.0948. The van der Waals surface area contributed by atoms with E-state index in [-0.39, 0.29) is 24.1 Å². The Kier molecular flexibility index (Phi) is 6.84. The molecular weight excluding hydrogens is 295 g/mol. The number of aromatic nitrogens is 2. The Hall–Kier alpha value is -1.92. The molecule has 2 rings (SSSR count). The van der Waals surface area contributed by atoms with E-state index in [0.717, 1.165) is 13.0 Å². The van der Waals surface area contributed by atoms with Crippen molar-refractivity contribution in [1.82, 2.24) is 20.4 Å². The second-order valence-corrected chi connectivity index (χ2v) is 4.33. The van der Waals surface area contributed by atoms with Crippen LogP contribution in [-0.4, -0.2) is 35.8 Å². The SMILES string of the molecule is CNCCCNC(=O)c1ccn(-c2ccc(F)cc2)n1.Cl. The molecule has 0 aliphatic carbocycles. The van der Waals surface area contributed by atoms with Gasteiger partial charge in [-0.15, -0.1) is 12.4 Å². The van der Waals surface area contributed by atoms with E-state index in [4.69, 9.17) is 0 Å². The molecule has 0 unspecified atom stereocenters. The van der Waals surface area contributed by atoms with E-state index < -0.39 is 0 Å². The fourth-order valence-electron chi connectivity index (χ4n) is 1.74. The number of hydrogen-bond acceptors (Lipinski definition) is 3. The molecule has 2 aromatic rings. The summed E-state index contributed by atoms with van der Waals surface area (Å²) in [4.78, 5) is 11.8. The first-order valence-corrected chi connectivity index (χ1v) is 6.45. The summed E-state index contributed by atoms with van der Waals surface area (Å²) in [5.41, 5.74) is 1.06. The van der Waals surface area contributed by atoms with Crippen LogP contribution in [0.15, 0.2) is 36.5 Å². The smallest absolute Gasteiger partial charge is 0.271 e. The van der Waals surface area contributed by atoms with Crippen molar-refractivity contribution >= 4 is 18.3 Å². The predicted molar refractivity (Wildman–Crippen MR) is 81.6 cm³/mol. The molecule has 0 atom stereocenters. The summed E-state index contributed by atoms with van der Waals surface area (Å²) < 4.78 is 14.4. The lowest BCUT2D eigenvalue weighted by Crippen LogP contribution is -2.27. The fraction of sp³-hybridized carbons (Fsp3) is 0.286. The lowest BCUT2D eigenvalue weighted by atomic mass is 10.3. The van der Waals surface area contributed by atoms with Gasteiger partial charge in [0.1, 0.15) is 5.82 Å². The summed E-state index contributed by atoms with van der Waals surface area (Å²) in [5.74, 6) is -0.509. The average Bonchev–Trinajstić information content (AvgIpc) is 2.94. The maximum absolute atomic E-state index is 12.8. The van der Waals surface area contributed by atoms with Crippen LogP contribution in [-0.2, 0) is 0 Å². The predicted octanol–water partition coefficient (Wildman–Crippen LogP) is 1.77. The molecule has 1 heterocycles. The van der Waals surface area contributed by atoms with Gasteiger partial charge in [-0.05, 0) is 50.3 Å². The van der Waals surface area contributed by atoms with Crippen LogP contribution in [0.3, 0.4) is 0 Å². The number of benzene rings is 1. The van der Waals surface area contributed by atoms with Crippen molar-refractivity contribution in [2.45, 2.75) is 6.42 Å². The largest absolute Gasteiger partial charge is 0.351 e. The molecule has 5 nitrogen and oxygen atoms in total. The standard InChI is InChI=1S/C14H17FN4O.ClH/c1-16-8-2-9-17-14(20)13-7-10-19(18-13)12-5-3-11(15)4-6-12;/h3-7,10,16H,2,8-9H2,1H3,(H,17,20);1H. The van der Waals surface area contributed by atoms with Gasteiger partial charge in [-0.1, -0.05) is 0 Å². The van der Waals surface area contributed by atoms with E-state index in [2.05, 4.69) is 15.7 Å². The Morgan fingerprint density at radius 2 is 1.95 bits per heavy atom. The summed E-state index contributed by atoms with van der Waals surface area (Å²) in [6.07, 6.45) is 2.54. The first-order valence-electron chi connectivity index (χ1n) is 6.45. The zero-order chi connectivity index (χ0) is 14.4. The molecule has 1 aromatic carbocycles. The van der Waals surface area contributed by atoms with Crippen LogP contribution in [0.5, 0.6) is 0 Å². The molecular formula is C14H18ClFN4O. The van der Waals surface area contributed by atoms with Gasteiger partial charge in [0.25, 0.3) is 5.91 Å². The second kappa shape index (κ2) is 8.39. The number of nitrogens with one attached hydrogen (secondary N) is 2. The van der Waals surface area contributed by atoms with Crippen LogP contribution < -0.4 is 10.6 Å². The second-order valence-electron chi connectivity index (χ2n) is 4.33. The van der Waals surface area contributed by atoms with E-state index in [0.29, 0.717) is 17.9 Å². The summed E-state index contributed by atoms with van der Waals surface area (Å²) in [6, 6.07) is 7.56. The van der Waals surface area contributed by atoms with Gasteiger partial charge in [0.15, 0.2) is 5.69 Å². The number of hydrogen-bond donors (Lipinski definition) is 2. The number of carbonyl (C=O) groups excluding carboxylic acids is 1. The van der Waals surface area contributed by atoms with Crippen molar-refractivity contribution in [3.8, 4) is 5.69 Å². The highest BCUT2D eigenvalue weighted by atomic mass is 35.5. The van der Waals surface area contributed by atoms with E-state index in [1.165, 1.54) is 12.1 Å². The number of rotatable bonds is 6. The fourth-order valence-corrected chi connectivity index (χ4v) is 1.74. The normalized spacial score (nSPS) is 10.0. The van der Waals surface area contributed by atoms with Gasteiger partial charge >= 0.3 is 0 Å². The van der Waals surface area contributed by atoms with Crippen LogP contribution >= 0.6 is 12.4 Å². The molecule has 1 amide bonds. The monoisotopic (exact) mass is 312 g/mol. The molecule has 2 N–H and O–H groups in total. The third-order valence-electron chi connectivity index (χ3n) is 2.80. The van der Waals surface area contributed by atoms with Crippen molar-refractivity contribution in [3.63, 3.8) is 0 Å². The Morgan fingerprint density at radius 1 is 1.24 bits per heavy atom. The highest BCUT2D eigenvalue weighted by Gasteiger charge is 2.09. The van der Waals surface area contributed by atoms with Gasteiger partial charge in [0.2, 0.25) is 0 Å². The van der Waals surface area contributed by atoms with Gasteiger partial charge in [-0.3, -0.25) is 4.79 Å². The van der Waals surface area contributed by atoms with Crippen molar-refractivity contribution in [2.24, 2.45) is 0 Å². The van der Waals surface area contributed by atoms with E-state index >= 15 is 0 Å². The molecule has 0 spiro atoms. The molecule has 7 heteroatoms. The molecule has 114 valence electrons. The van der Waals surface area contributed by atoms with Crippen LogP contribution in [0.4, 0.5) is 4.39 Å². The Labute approximate surface area is 129 Å². The topological polar surface area (TPSA) is 58.9 Å². The maximum atomic E-state index is 12.8. The van der Waals surface area contributed by atoms with Gasteiger partial charge in [0, 0.05) is 12.7 Å². The average molecular weight is 313 g/mol. The van der Waals surface area contributed by atoms with Crippen LogP contribution in [0.25, 0.3) is 5.69 Å². The molecule has 0 aliphatic heterocycles. The number of amides is 1. The van der Waals surface area contributed by atoms with Gasteiger partial charge in [0.05, 0.1) is 5.69 Å². The van der Waals surface area contributed by atoms with Crippen molar-refractivity contribution in [1.29, 1.82) is 0 Å². The van der Waals surface area contributed by atoms with Crippen LogP contribution in [0, 0.1) is 5.82 Å². The molecule has 0 aliphatic rings. The zero-order valence-corrected chi connectivity index (χ0v) is 12.5. The zero-order valence-electron chi connectivity index (χ0n) is 11.7. The quantitative estimate of drug-likeness (QED) is 0.799. The first-order chi connectivity index (χ1) is 9.70. The molecule has 1 aromatic heterocycles. The van der Waals surface area contributed by atoms with E-state index in [1.807, 2.05) is 7.05 Å². The van der Waals surface area contributed by atoms with Gasteiger partial charge < -0.3 is 10.6 Å². The highest BCUT2D eigenvalue weighted by molar-refractivity contribution is 5.92. The van der Waals surface area contributed by atoms with E-state index in [1.54, 1.807) is 29.1 Å².